The molecule has 0 spiro atoms. The summed E-state index contributed by atoms with van der Waals surface area (Å²) in [7, 11) is 1.76. The highest BCUT2D eigenvalue weighted by molar-refractivity contribution is 4.75. The molecule has 2 atom stereocenters. The molecule has 1 aliphatic heterocycles. The van der Waals surface area contributed by atoms with Gasteiger partial charge in [0.25, 0.3) is 0 Å². The Hall–Kier alpha value is -0.160. The standard InChI is InChI=1S/C13H28N2O2/c1-13(2,16-3)9-8-11(15-14)6-7-12-5-4-10-17-12/h11-12,15H,4-10,14H2,1-3H3. The van der Waals surface area contributed by atoms with E-state index in [2.05, 4.69) is 19.3 Å². The van der Waals surface area contributed by atoms with Crippen molar-refractivity contribution < 1.29 is 9.47 Å². The molecule has 0 aromatic carbocycles. The van der Waals surface area contributed by atoms with Crippen LogP contribution < -0.4 is 11.3 Å². The summed E-state index contributed by atoms with van der Waals surface area (Å²) < 4.78 is 11.0. The van der Waals surface area contributed by atoms with Crippen molar-refractivity contribution in [3.63, 3.8) is 0 Å². The Balaban J connectivity index is 2.18. The second-order valence-electron chi connectivity index (χ2n) is 5.58. The maximum Gasteiger partial charge on any atom is 0.0623 e. The average Bonchev–Trinajstić information content (AvgIpc) is 2.82. The Morgan fingerprint density at radius 2 is 2.24 bits per heavy atom. The molecule has 0 aliphatic carbocycles. The molecule has 2 unspecified atom stereocenters. The molecule has 1 heterocycles. The number of nitrogens with two attached hydrogens (primary N) is 1. The number of hydrogen-bond acceptors (Lipinski definition) is 4. The zero-order chi connectivity index (χ0) is 12.7. The predicted molar refractivity (Wildman–Crippen MR) is 69.6 cm³/mol. The highest BCUT2D eigenvalue weighted by atomic mass is 16.5. The van der Waals surface area contributed by atoms with Crippen LogP contribution in [0.3, 0.4) is 0 Å². The molecule has 0 aromatic rings. The lowest BCUT2D eigenvalue weighted by Crippen LogP contribution is -2.37. The zero-order valence-corrected chi connectivity index (χ0v) is 11.5. The van der Waals surface area contributed by atoms with Crippen LogP contribution in [-0.2, 0) is 9.47 Å². The summed E-state index contributed by atoms with van der Waals surface area (Å²) in [5.41, 5.74) is 2.85. The van der Waals surface area contributed by atoms with E-state index in [1.54, 1.807) is 7.11 Å². The zero-order valence-electron chi connectivity index (χ0n) is 11.5. The van der Waals surface area contributed by atoms with Crippen molar-refractivity contribution >= 4 is 0 Å². The minimum Gasteiger partial charge on any atom is -0.379 e. The minimum absolute atomic E-state index is 0.0566. The SMILES string of the molecule is COC(C)(C)CCC(CCC1CCCO1)NN. The normalized spacial score (nSPS) is 22.9. The summed E-state index contributed by atoms with van der Waals surface area (Å²) in [6.07, 6.45) is 7.14. The van der Waals surface area contributed by atoms with E-state index in [1.807, 2.05) is 0 Å². The van der Waals surface area contributed by atoms with Gasteiger partial charge < -0.3 is 9.47 Å². The number of methoxy groups -OCH3 is 1. The maximum absolute atomic E-state index is 5.62. The molecule has 4 heteroatoms. The molecule has 0 bridgehead atoms. The van der Waals surface area contributed by atoms with Gasteiger partial charge in [-0.15, -0.1) is 0 Å². The topological polar surface area (TPSA) is 56.5 Å². The van der Waals surface area contributed by atoms with E-state index < -0.39 is 0 Å². The number of hydrogen-bond donors (Lipinski definition) is 2. The van der Waals surface area contributed by atoms with Crippen LogP contribution in [0, 0.1) is 0 Å². The van der Waals surface area contributed by atoms with Crippen molar-refractivity contribution in [2.24, 2.45) is 5.84 Å². The average molecular weight is 244 g/mol. The van der Waals surface area contributed by atoms with Gasteiger partial charge in [0, 0.05) is 19.8 Å². The van der Waals surface area contributed by atoms with Gasteiger partial charge in [-0.2, -0.15) is 0 Å². The van der Waals surface area contributed by atoms with Crippen molar-refractivity contribution in [1.29, 1.82) is 0 Å². The van der Waals surface area contributed by atoms with Gasteiger partial charge in [-0.3, -0.25) is 11.3 Å². The molecule has 3 N–H and O–H groups in total. The van der Waals surface area contributed by atoms with E-state index in [1.165, 1.54) is 12.8 Å². The molecule has 17 heavy (non-hydrogen) atoms. The highest BCUT2D eigenvalue weighted by Gasteiger charge is 2.21. The second kappa shape index (κ2) is 7.31. The van der Waals surface area contributed by atoms with Gasteiger partial charge in [0.05, 0.1) is 11.7 Å². The molecule has 4 nitrogen and oxygen atoms in total. The van der Waals surface area contributed by atoms with Gasteiger partial charge in [0.2, 0.25) is 0 Å². The summed E-state index contributed by atoms with van der Waals surface area (Å²) >= 11 is 0. The van der Waals surface area contributed by atoms with Crippen LogP contribution in [0.5, 0.6) is 0 Å². The van der Waals surface area contributed by atoms with Crippen LogP contribution in [0.2, 0.25) is 0 Å². The molecular formula is C13H28N2O2. The second-order valence-corrected chi connectivity index (χ2v) is 5.58. The number of rotatable bonds is 8. The predicted octanol–water partition coefficient (Wildman–Crippen LogP) is 1.98. The summed E-state index contributed by atoms with van der Waals surface area (Å²) in [5.74, 6) is 5.60. The van der Waals surface area contributed by atoms with E-state index in [4.69, 9.17) is 15.3 Å². The van der Waals surface area contributed by atoms with Crippen molar-refractivity contribution in [3.05, 3.63) is 0 Å². The third-order valence-electron chi connectivity index (χ3n) is 3.74. The first-order chi connectivity index (χ1) is 8.07. The molecule has 1 aliphatic rings. The lowest BCUT2D eigenvalue weighted by molar-refractivity contribution is 0.0110. The third kappa shape index (κ3) is 5.82. The monoisotopic (exact) mass is 244 g/mol. The smallest absolute Gasteiger partial charge is 0.0623 e. The fourth-order valence-electron chi connectivity index (χ4n) is 2.19. The lowest BCUT2D eigenvalue weighted by atomic mass is 9.96. The lowest BCUT2D eigenvalue weighted by Gasteiger charge is -2.26. The molecule has 0 radical (unpaired) electrons. The van der Waals surface area contributed by atoms with Crippen LogP contribution in [0.1, 0.15) is 52.4 Å². The Bertz CT molecular complexity index is 204. The van der Waals surface area contributed by atoms with Crippen molar-refractivity contribution in [2.45, 2.75) is 70.1 Å². The van der Waals surface area contributed by atoms with Gasteiger partial charge >= 0.3 is 0 Å². The molecule has 102 valence electrons. The summed E-state index contributed by atoms with van der Waals surface area (Å²) in [4.78, 5) is 0. The molecule has 1 fully saturated rings. The summed E-state index contributed by atoms with van der Waals surface area (Å²) in [6, 6.07) is 0.369. The Labute approximate surface area is 105 Å². The molecule has 1 saturated heterocycles. The van der Waals surface area contributed by atoms with Gasteiger partial charge in [-0.25, -0.2) is 0 Å². The third-order valence-corrected chi connectivity index (χ3v) is 3.74. The van der Waals surface area contributed by atoms with Crippen molar-refractivity contribution in [2.75, 3.05) is 13.7 Å². The summed E-state index contributed by atoms with van der Waals surface area (Å²) in [6.45, 7) is 5.16. The fourth-order valence-corrected chi connectivity index (χ4v) is 2.19. The van der Waals surface area contributed by atoms with Crippen LogP contribution in [0.15, 0.2) is 0 Å². The number of nitrogens with one attached hydrogen (secondary N) is 1. The molecule has 0 saturated carbocycles. The summed E-state index contributed by atoms with van der Waals surface area (Å²) in [5, 5.41) is 0. The van der Waals surface area contributed by atoms with E-state index in [9.17, 15) is 0 Å². The van der Waals surface area contributed by atoms with Gasteiger partial charge in [0.1, 0.15) is 0 Å². The van der Waals surface area contributed by atoms with Crippen LogP contribution in [-0.4, -0.2) is 31.5 Å². The first kappa shape index (κ1) is 14.9. The Morgan fingerprint density at radius 1 is 1.47 bits per heavy atom. The quantitative estimate of drug-likeness (QED) is 0.506. The molecule has 0 amide bonds. The van der Waals surface area contributed by atoms with E-state index in [0.717, 1.165) is 32.3 Å². The fraction of sp³-hybridized carbons (Fsp3) is 1.00. The largest absolute Gasteiger partial charge is 0.379 e. The van der Waals surface area contributed by atoms with Gasteiger partial charge in [0.15, 0.2) is 0 Å². The van der Waals surface area contributed by atoms with Crippen molar-refractivity contribution in [3.8, 4) is 0 Å². The van der Waals surface area contributed by atoms with Gasteiger partial charge in [-0.1, -0.05) is 0 Å². The minimum atomic E-state index is -0.0566. The molecule has 1 rings (SSSR count). The van der Waals surface area contributed by atoms with E-state index in [0.29, 0.717) is 12.1 Å². The number of hydrazine groups is 1. The Morgan fingerprint density at radius 3 is 2.76 bits per heavy atom. The Kier molecular flexibility index (Phi) is 6.41. The first-order valence-corrected chi connectivity index (χ1v) is 6.70. The molecule has 0 aromatic heterocycles. The molecular weight excluding hydrogens is 216 g/mol. The maximum atomic E-state index is 5.62. The van der Waals surface area contributed by atoms with Crippen molar-refractivity contribution in [1.82, 2.24) is 5.43 Å². The van der Waals surface area contributed by atoms with Gasteiger partial charge in [-0.05, 0) is 52.4 Å². The first-order valence-electron chi connectivity index (χ1n) is 6.70. The van der Waals surface area contributed by atoms with Crippen LogP contribution in [0.25, 0.3) is 0 Å². The van der Waals surface area contributed by atoms with E-state index >= 15 is 0 Å². The highest BCUT2D eigenvalue weighted by Crippen LogP contribution is 2.21. The van der Waals surface area contributed by atoms with Crippen LogP contribution >= 0.6 is 0 Å². The number of ether oxygens (including phenoxy) is 2. The van der Waals surface area contributed by atoms with Crippen LogP contribution in [0.4, 0.5) is 0 Å². The van der Waals surface area contributed by atoms with E-state index in [-0.39, 0.29) is 5.60 Å².